The fraction of sp³-hybridized carbons (Fsp3) is 0.357. The Morgan fingerprint density at radius 1 is 1.38 bits per heavy atom. The molecule has 1 aromatic heterocycles. The van der Waals surface area contributed by atoms with Gasteiger partial charge in [0, 0.05) is 30.1 Å². The van der Waals surface area contributed by atoms with E-state index in [2.05, 4.69) is 22.9 Å². The maximum absolute atomic E-state index is 11.3. The second-order valence-electron chi connectivity index (χ2n) is 4.50. The smallest absolute Gasteiger partial charge is 0.132 e. The van der Waals surface area contributed by atoms with Crippen molar-refractivity contribution in [3.8, 4) is 0 Å². The predicted molar refractivity (Wildman–Crippen MR) is 66.5 cm³/mol. The van der Waals surface area contributed by atoms with Gasteiger partial charge in [-0.3, -0.25) is 4.79 Å². The third-order valence-corrected chi connectivity index (χ3v) is 3.20. The zero-order valence-corrected chi connectivity index (χ0v) is 10.0. The second-order valence-corrected chi connectivity index (χ2v) is 4.50. The molecule has 0 fully saturated rings. The van der Waals surface area contributed by atoms with Crippen molar-refractivity contribution >= 4 is 16.7 Å². The first-order chi connectivity index (χ1) is 7.59. The molecule has 2 heteroatoms. The first-order valence-corrected chi connectivity index (χ1v) is 5.63. The van der Waals surface area contributed by atoms with E-state index in [0.29, 0.717) is 0 Å². The molecule has 0 aliphatic heterocycles. The van der Waals surface area contributed by atoms with Crippen molar-refractivity contribution in [1.29, 1.82) is 0 Å². The highest BCUT2D eigenvalue weighted by atomic mass is 16.1. The minimum Gasteiger partial charge on any atom is -0.350 e. The fourth-order valence-electron chi connectivity index (χ4n) is 2.06. The number of para-hydroxylation sites is 1. The van der Waals surface area contributed by atoms with Gasteiger partial charge in [0.15, 0.2) is 0 Å². The van der Waals surface area contributed by atoms with Gasteiger partial charge in [0.25, 0.3) is 0 Å². The van der Waals surface area contributed by atoms with Gasteiger partial charge in [0.2, 0.25) is 0 Å². The molecule has 16 heavy (non-hydrogen) atoms. The molecule has 0 saturated carbocycles. The fourth-order valence-corrected chi connectivity index (χ4v) is 2.06. The lowest BCUT2D eigenvalue weighted by atomic mass is 9.98. The summed E-state index contributed by atoms with van der Waals surface area (Å²) in [5, 5.41) is 1.26. The number of ketones is 1. The third-order valence-electron chi connectivity index (χ3n) is 3.20. The summed E-state index contributed by atoms with van der Waals surface area (Å²) in [5.74, 6) is 0.360. The van der Waals surface area contributed by atoms with Crippen LogP contribution in [0, 0.1) is 5.92 Å². The van der Waals surface area contributed by atoms with Gasteiger partial charge in [-0.25, -0.2) is 0 Å². The molecule has 2 aromatic rings. The number of hydrogen-bond donors (Lipinski definition) is 0. The Bertz CT molecular complexity index is 525. The third kappa shape index (κ3) is 1.87. The van der Waals surface area contributed by atoms with E-state index >= 15 is 0 Å². The van der Waals surface area contributed by atoms with Gasteiger partial charge in [0.05, 0.1) is 0 Å². The molecule has 1 aromatic carbocycles. The number of carbonyl (C=O) groups is 1. The summed E-state index contributed by atoms with van der Waals surface area (Å²) >= 11 is 0. The topological polar surface area (TPSA) is 22.0 Å². The van der Waals surface area contributed by atoms with Crippen LogP contribution >= 0.6 is 0 Å². The Morgan fingerprint density at radius 3 is 2.75 bits per heavy atom. The molecular formula is C14H17NO. The van der Waals surface area contributed by atoms with E-state index in [1.54, 1.807) is 6.92 Å². The molecule has 0 aliphatic rings. The molecule has 2 rings (SSSR count). The molecular weight excluding hydrogens is 198 g/mol. The minimum atomic E-state index is 0.103. The van der Waals surface area contributed by atoms with Gasteiger partial charge in [0.1, 0.15) is 5.78 Å². The van der Waals surface area contributed by atoms with Crippen LogP contribution in [-0.2, 0) is 18.3 Å². The van der Waals surface area contributed by atoms with E-state index in [-0.39, 0.29) is 11.7 Å². The summed E-state index contributed by atoms with van der Waals surface area (Å²) in [7, 11) is 2.05. The Balaban J connectivity index is 2.42. The molecule has 1 heterocycles. The van der Waals surface area contributed by atoms with Crippen molar-refractivity contribution in [2.75, 3.05) is 0 Å². The highest BCUT2D eigenvalue weighted by Crippen LogP contribution is 2.22. The quantitative estimate of drug-likeness (QED) is 0.771. The van der Waals surface area contributed by atoms with E-state index in [1.807, 2.05) is 26.1 Å². The number of carbonyl (C=O) groups excluding carboxylic acids is 1. The van der Waals surface area contributed by atoms with Crippen LogP contribution in [0.4, 0.5) is 0 Å². The lowest BCUT2D eigenvalue weighted by Crippen LogP contribution is -2.09. The standard InChI is InChI=1S/C14H17NO/c1-10(11(2)16)8-12-9-15(3)14-7-5-4-6-13(12)14/h4-7,9-10H,8H2,1-3H3. The molecule has 1 unspecified atom stereocenters. The molecule has 2 nitrogen and oxygen atoms in total. The van der Waals surface area contributed by atoms with E-state index in [1.165, 1.54) is 16.5 Å². The molecule has 0 N–H and O–H groups in total. The number of aromatic nitrogens is 1. The van der Waals surface area contributed by atoms with Crippen LogP contribution in [0.25, 0.3) is 10.9 Å². The highest BCUT2D eigenvalue weighted by Gasteiger charge is 2.12. The first-order valence-electron chi connectivity index (χ1n) is 5.63. The van der Waals surface area contributed by atoms with Crippen LogP contribution in [0.15, 0.2) is 30.5 Å². The van der Waals surface area contributed by atoms with Crippen LogP contribution < -0.4 is 0 Å². The van der Waals surface area contributed by atoms with E-state index in [9.17, 15) is 4.79 Å². The van der Waals surface area contributed by atoms with Crippen molar-refractivity contribution in [2.45, 2.75) is 20.3 Å². The zero-order valence-electron chi connectivity index (χ0n) is 10.0. The average molecular weight is 215 g/mol. The van der Waals surface area contributed by atoms with Crippen LogP contribution in [0.1, 0.15) is 19.4 Å². The SMILES string of the molecule is CC(=O)C(C)Cc1cn(C)c2ccccc12. The van der Waals surface area contributed by atoms with Crippen molar-refractivity contribution in [3.63, 3.8) is 0 Å². The second kappa shape index (κ2) is 4.12. The Kier molecular flexibility index (Phi) is 2.82. The predicted octanol–water partition coefficient (Wildman–Crippen LogP) is 2.95. The van der Waals surface area contributed by atoms with Crippen LogP contribution in [-0.4, -0.2) is 10.4 Å². The maximum Gasteiger partial charge on any atom is 0.132 e. The van der Waals surface area contributed by atoms with E-state index < -0.39 is 0 Å². The maximum atomic E-state index is 11.3. The summed E-state index contributed by atoms with van der Waals surface area (Å²) in [6.07, 6.45) is 2.96. The molecule has 0 aliphatic carbocycles. The monoisotopic (exact) mass is 215 g/mol. The van der Waals surface area contributed by atoms with Gasteiger partial charge in [-0.1, -0.05) is 25.1 Å². The van der Waals surface area contributed by atoms with Gasteiger partial charge in [-0.05, 0) is 25.0 Å². The number of rotatable bonds is 3. The van der Waals surface area contributed by atoms with Gasteiger partial charge < -0.3 is 4.57 Å². The molecule has 1 atom stereocenters. The molecule has 0 radical (unpaired) electrons. The van der Waals surface area contributed by atoms with Crippen LogP contribution in [0.2, 0.25) is 0 Å². The number of aryl methyl sites for hydroxylation is 1. The number of fused-ring (bicyclic) bond motifs is 1. The zero-order chi connectivity index (χ0) is 11.7. The van der Waals surface area contributed by atoms with Crippen molar-refractivity contribution in [3.05, 3.63) is 36.0 Å². The first kappa shape index (κ1) is 10.9. The average Bonchev–Trinajstić information content (AvgIpc) is 2.57. The summed E-state index contributed by atoms with van der Waals surface area (Å²) in [6, 6.07) is 8.32. The van der Waals surface area contributed by atoms with Gasteiger partial charge >= 0.3 is 0 Å². The lowest BCUT2D eigenvalue weighted by molar-refractivity contribution is -0.120. The van der Waals surface area contributed by atoms with E-state index in [4.69, 9.17) is 0 Å². The number of benzene rings is 1. The largest absolute Gasteiger partial charge is 0.350 e. The van der Waals surface area contributed by atoms with E-state index in [0.717, 1.165) is 6.42 Å². The highest BCUT2D eigenvalue weighted by molar-refractivity contribution is 5.85. The summed E-state index contributed by atoms with van der Waals surface area (Å²) in [4.78, 5) is 11.3. The van der Waals surface area contributed by atoms with Crippen molar-refractivity contribution in [1.82, 2.24) is 4.57 Å². The molecule has 0 amide bonds. The molecule has 0 saturated heterocycles. The lowest BCUT2D eigenvalue weighted by Gasteiger charge is -2.05. The summed E-state index contributed by atoms with van der Waals surface area (Å²) in [5.41, 5.74) is 2.49. The number of hydrogen-bond acceptors (Lipinski definition) is 1. The number of Topliss-reactive ketones (excluding diaryl/α,β-unsaturated/α-hetero) is 1. The molecule has 0 bridgehead atoms. The van der Waals surface area contributed by atoms with Crippen molar-refractivity contribution in [2.24, 2.45) is 13.0 Å². The Hall–Kier alpha value is -1.57. The molecule has 84 valence electrons. The van der Waals surface area contributed by atoms with Crippen LogP contribution in [0.5, 0.6) is 0 Å². The number of nitrogens with zero attached hydrogens (tertiary/aromatic N) is 1. The Morgan fingerprint density at radius 2 is 2.06 bits per heavy atom. The van der Waals surface area contributed by atoms with Crippen LogP contribution in [0.3, 0.4) is 0 Å². The normalized spacial score (nSPS) is 12.9. The summed E-state index contributed by atoms with van der Waals surface area (Å²) in [6.45, 7) is 3.65. The molecule has 0 spiro atoms. The Labute approximate surface area is 95.9 Å². The van der Waals surface area contributed by atoms with Gasteiger partial charge in [-0.15, -0.1) is 0 Å². The summed E-state index contributed by atoms with van der Waals surface area (Å²) < 4.78 is 2.12. The minimum absolute atomic E-state index is 0.103. The van der Waals surface area contributed by atoms with Gasteiger partial charge in [-0.2, -0.15) is 0 Å². The van der Waals surface area contributed by atoms with Crippen molar-refractivity contribution < 1.29 is 4.79 Å².